The first-order valence-electron chi connectivity index (χ1n) is 7.03. The average Bonchev–Trinajstić information content (AvgIpc) is 3.01. The van der Waals surface area contributed by atoms with Crippen molar-refractivity contribution in [3.8, 4) is 0 Å². The molecule has 0 bridgehead atoms. The molecule has 1 aliphatic heterocycles. The van der Waals surface area contributed by atoms with Crippen LogP contribution in [0.5, 0.6) is 0 Å². The Morgan fingerprint density at radius 2 is 2.23 bits per heavy atom. The fourth-order valence-electron chi connectivity index (χ4n) is 2.11. The van der Waals surface area contributed by atoms with Gasteiger partial charge in [-0.05, 0) is 29.0 Å². The van der Waals surface area contributed by atoms with Crippen molar-refractivity contribution < 1.29 is 29.6 Å². The molecule has 0 saturated carbocycles. The van der Waals surface area contributed by atoms with Gasteiger partial charge in [-0.15, -0.1) is 0 Å². The van der Waals surface area contributed by atoms with E-state index in [1.54, 1.807) is 0 Å². The Morgan fingerprint density at radius 1 is 1.50 bits per heavy atom. The zero-order valence-electron chi connectivity index (χ0n) is 12.1. The molecule has 9 heteroatoms. The number of ether oxygens (including phenoxy) is 2. The van der Waals surface area contributed by atoms with E-state index in [-0.39, 0.29) is 5.69 Å². The highest BCUT2D eigenvalue weighted by Crippen LogP contribution is 2.29. The van der Waals surface area contributed by atoms with Crippen LogP contribution in [0.1, 0.15) is 36.5 Å². The van der Waals surface area contributed by atoms with Gasteiger partial charge in [-0.25, -0.2) is 9.48 Å². The molecule has 0 amide bonds. The summed E-state index contributed by atoms with van der Waals surface area (Å²) in [5.41, 5.74) is 0.134. The van der Waals surface area contributed by atoms with E-state index in [9.17, 15) is 15.0 Å². The molecule has 1 aromatic heterocycles. The van der Waals surface area contributed by atoms with Gasteiger partial charge in [-0.3, -0.25) is 0 Å². The van der Waals surface area contributed by atoms with E-state index in [1.807, 2.05) is 29.5 Å². The van der Waals surface area contributed by atoms with Gasteiger partial charge >= 0.3 is 5.97 Å². The molecule has 3 N–H and O–H groups in total. The normalized spacial score (nSPS) is 28.0. The van der Waals surface area contributed by atoms with Crippen molar-refractivity contribution in [2.45, 2.75) is 44.3 Å². The van der Waals surface area contributed by atoms with Crippen molar-refractivity contribution in [3.05, 3.63) is 15.5 Å². The smallest absolute Gasteiger partial charge is 0.359 e. The fraction of sp³-hybridized carbons (Fsp3) is 0.692. The predicted molar refractivity (Wildman–Crippen MR) is 83.1 cm³/mol. The lowest BCUT2D eigenvalue weighted by Gasteiger charge is -2.14. The van der Waals surface area contributed by atoms with Gasteiger partial charge in [0.2, 0.25) is 0 Å². The number of rotatable bonds is 6. The number of hydrogen-bond donors (Lipinski definition) is 3. The van der Waals surface area contributed by atoms with Crippen LogP contribution in [0.4, 0.5) is 0 Å². The number of aromatic nitrogens is 2. The van der Waals surface area contributed by atoms with Gasteiger partial charge in [-0.2, -0.15) is 5.10 Å². The van der Waals surface area contributed by atoms with E-state index < -0.39 is 37.1 Å². The van der Waals surface area contributed by atoms with Gasteiger partial charge in [0.15, 0.2) is 11.9 Å². The third-order valence-corrected chi connectivity index (χ3v) is 4.18. The fourth-order valence-corrected chi connectivity index (χ4v) is 2.73. The molecule has 2 rings (SSSR count). The molecular formula is C13H19IN2O6. The van der Waals surface area contributed by atoms with Crippen molar-refractivity contribution >= 4 is 28.6 Å². The molecular weight excluding hydrogens is 407 g/mol. The number of aliphatic hydroxyl groups excluding tert-OH is 3. The minimum Gasteiger partial charge on any atom is -0.461 e. The highest BCUT2D eigenvalue weighted by Gasteiger charge is 2.44. The molecule has 0 aliphatic carbocycles. The van der Waals surface area contributed by atoms with Crippen molar-refractivity contribution in [2.75, 3.05) is 13.2 Å². The summed E-state index contributed by atoms with van der Waals surface area (Å²) < 4.78 is 12.3. The molecule has 1 aromatic rings. The maximum absolute atomic E-state index is 11.9. The summed E-state index contributed by atoms with van der Waals surface area (Å²) in [6.07, 6.45) is -1.08. The maximum atomic E-state index is 11.9. The maximum Gasteiger partial charge on any atom is 0.359 e. The van der Waals surface area contributed by atoms with Gasteiger partial charge in [0.1, 0.15) is 18.3 Å². The van der Waals surface area contributed by atoms with E-state index in [0.717, 1.165) is 12.8 Å². The SMILES string of the molecule is CCCCOC(=O)c1nn(C2OC(CO)C(O)C2O)cc1I. The standard InChI is InChI=1S/C13H19IN2O6/c1-2-3-4-21-13(20)9-7(14)5-16(15-9)12-11(19)10(18)8(6-17)22-12/h5,8,10-12,17-19H,2-4,6H2,1H3. The number of hydrogen-bond acceptors (Lipinski definition) is 7. The third kappa shape index (κ3) is 3.59. The zero-order valence-corrected chi connectivity index (χ0v) is 14.2. The number of esters is 1. The zero-order chi connectivity index (χ0) is 16.3. The summed E-state index contributed by atoms with van der Waals surface area (Å²) in [6.45, 7) is 1.90. The summed E-state index contributed by atoms with van der Waals surface area (Å²) >= 11 is 1.94. The molecule has 2 heterocycles. The number of carbonyl (C=O) groups excluding carboxylic acids is 1. The third-order valence-electron chi connectivity index (χ3n) is 3.39. The molecule has 1 saturated heterocycles. The Hall–Kier alpha value is -0.750. The van der Waals surface area contributed by atoms with Crippen molar-refractivity contribution in [1.82, 2.24) is 9.78 Å². The van der Waals surface area contributed by atoms with E-state index in [0.29, 0.717) is 10.2 Å². The Kier molecular flexibility index (Phi) is 6.15. The molecule has 124 valence electrons. The second kappa shape index (κ2) is 7.68. The van der Waals surface area contributed by atoms with Crippen LogP contribution in [0.25, 0.3) is 0 Å². The molecule has 1 fully saturated rings. The quantitative estimate of drug-likeness (QED) is 0.335. The van der Waals surface area contributed by atoms with Crippen LogP contribution in [-0.2, 0) is 9.47 Å². The molecule has 1 aliphatic rings. The van der Waals surface area contributed by atoms with E-state index in [1.165, 1.54) is 10.9 Å². The van der Waals surface area contributed by atoms with Gasteiger partial charge in [0.05, 0.1) is 16.8 Å². The number of aliphatic hydroxyl groups is 3. The lowest BCUT2D eigenvalue weighted by Crippen LogP contribution is -2.33. The largest absolute Gasteiger partial charge is 0.461 e. The van der Waals surface area contributed by atoms with Crippen LogP contribution in [0, 0.1) is 3.57 Å². The monoisotopic (exact) mass is 426 g/mol. The van der Waals surface area contributed by atoms with Crippen molar-refractivity contribution in [1.29, 1.82) is 0 Å². The number of nitrogens with zero attached hydrogens (tertiary/aromatic N) is 2. The topological polar surface area (TPSA) is 114 Å². The molecule has 4 atom stereocenters. The molecule has 0 aromatic carbocycles. The highest BCUT2D eigenvalue weighted by molar-refractivity contribution is 14.1. The average molecular weight is 426 g/mol. The van der Waals surface area contributed by atoms with Crippen LogP contribution >= 0.6 is 22.6 Å². The summed E-state index contributed by atoms with van der Waals surface area (Å²) in [7, 11) is 0. The predicted octanol–water partition coefficient (Wildman–Crippen LogP) is 0.0561. The molecule has 8 nitrogen and oxygen atoms in total. The Morgan fingerprint density at radius 3 is 2.82 bits per heavy atom. The van der Waals surface area contributed by atoms with Crippen molar-refractivity contribution in [2.24, 2.45) is 0 Å². The summed E-state index contributed by atoms with van der Waals surface area (Å²) in [5, 5.41) is 32.9. The van der Waals surface area contributed by atoms with Crippen LogP contribution in [-0.4, -0.2) is 62.6 Å². The Balaban J connectivity index is 2.11. The second-order valence-electron chi connectivity index (χ2n) is 5.02. The summed E-state index contributed by atoms with van der Waals surface area (Å²) in [6, 6.07) is 0. The second-order valence-corrected chi connectivity index (χ2v) is 6.19. The van der Waals surface area contributed by atoms with Gasteiger partial charge < -0.3 is 24.8 Å². The lowest BCUT2D eigenvalue weighted by atomic mass is 10.1. The van der Waals surface area contributed by atoms with Gasteiger partial charge in [0.25, 0.3) is 0 Å². The minimum atomic E-state index is -1.24. The van der Waals surface area contributed by atoms with Crippen molar-refractivity contribution in [3.63, 3.8) is 0 Å². The van der Waals surface area contributed by atoms with E-state index in [2.05, 4.69) is 5.10 Å². The number of carbonyl (C=O) groups is 1. The first kappa shape index (κ1) is 17.6. The molecule has 0 spiro atoms. The lowest BCUT2D eigenvalue weighted by molar-refractivity contribution is -0.0588. The number of unbranched alkanes of at least 4 members (excludes halogenated alkanes) is 1. The van der Waals surface area contributed by atoms with Gasteiger partial charge in [0, 0.05) is 6.20 Å². The Bertz CT molecular complexity index is 523. The van der Waals surface area contributed by atoms with Crippen LogP contribution in [0.15, 0.2) is 6.20 Å². The highest BCUT2D eigenvalue weighted by atomic mass is 127. The molecule has 22 heavy (non-hydrogen) atoms. The molecule has 0 radical (unpaired) electrons. The van der Waals surface area contributed by atoms with Crippen LogP contribution in [0.3, 0.4) is 0 Å². The molecule has 4 unspecified atom stereocenters. The van der Waals surface area contributed by atoms with Crippen LogP contribution < -0.4 is 0 Å². The minimum absolute atomic E-state index is 0.134. The van der Waals surface area contributed by atoms with E-state index >= 15 is 0 Å². The van der Waals surface area contributed by atoms with Crippen LogP contribution in [0.2, 0.25) is 0 Å². The Labute approximate surface area is 141 Å². The summed E-state index contributed by atoms with van der Waals surface area (Å²) in [4.78, 5) is 11.9. The number of halogens is 1. The first-order chi connectivity index (χ1) is 10.5. The van der Waals surface area contributed by atoms with Gasteiger partial charge in [-0.1, -0.05) is 13.3 Å². The van der Waals surface area contributed by atoms with E-state index in [4.69, 9.17) is 14.6 Å². The summed E-state index contributed by atoms with van der Waals surface area (Å²) in [5.74, 6) is -0.539. The first-order valence-corrected chi connectivity index (χ1v) is 8.11.